The highest BCUT2D eigenvalue weighted by Gasteiger charge is 2.31. The van der Waals surface area contributed by atoms with Crippen LogP contribution < -0.4 is 0 Å². The van der Waals surface area contributed by atoms with Crippen LogP contribution in [0.15, 0.2) is 6.07 Å². The summed E-state index contributed by atoms with van der Waals surface area (Å²) < 4.78 is 1.80. The van der Waals surface area contributed by atoms with Crippen molar-refractivity contribution in [2.24, 2.45) is 0 Å². The maximum Gasteiger partial charge on any atom is 0.259 e. The molecule has 0 aliphatic carbocycles. The van der Waals surface area contributed by atoms with Gasteiger partial charge in [0.25, 0.3) is 5.91 Å². The molecule has 0 atom stereocenters. The SMILES string of the molecule is Cc1cc(C)n2nc(C)c(C(=O)N3CCC(N4CCCC4)CC3)c2n1. The molecule has 2 aliphatic heterocycles. The van der Waals surface area contributed by atoms with Crippen molar-refractivity contribution in [3.05, 3.63) is 28.7 Å². The first kappa shape index (κ1) is 16.5. The van der Waals surface area contributed by atoms with Crippen LogP contribution in [0.5, 0.6) is 0 Å². The lowest BCUT2D eigenvalue weighted by atomic mass is 10.0. The van der Waals surface area contributed by atoms with E-state index in [-0.39, 0.29) is 5.91 Å². The Morgan fingerprint density at radius 3 is 2.44 bits per heavy atom. The van der Waals surface area contributed by atoms with Crippen LogP contribution in [0.4, 0.5) is 0 Å². The molecule has 25 heavy (non-hydrogen) atoms. The summed E-state index contributed by atoms with van der Waals surface area (Å²) in [6, 6.07) is 2.65. The van der Waals surface area contributed by atoms with E-state index in [1.165, 1.54) is 25.9 Å². The second-order valence-electron chi connectivity index (χ2n) is 7.50. The Balaban J connectivity index is 1.55. The van der Waals surface area contributed by atoms with Gasteiger partial charge in [-0.3, -0.25) is 4.79 Å². The smallest absolute Gasteiger partial charge is 0.259 e. The van der Waals surface area contributed by atoms with Gasteiger partial charge in [-0.15, -0.1) is 0 Å². The average molecular weight is 341 g/mol. The zero-order chi connectivity index (χ0) is 17.6. The third-order valence-electron chi connectivity index (χ3n) is 5.69. The summed E-state index contributed by atoms with van der Waals surface area (Å²) in [6.07, 6.45) is 4.81. The van der Waals surface area contributed by atoms with E-state index in [0.717, 1.165) is 43.0 Å². The molecule has 134 valence electrons. The van der Waals surface area contributed by atoms with Crippen molar-refractivity contribution in [1.82, 2.24) is 24.4 Å². The molecule has 2 saturated heterocycles. The van der Waals surface area contributed by atoms with E-state index in [0.29, 0.717) is 17.3 Å². The number of nitrogens with zero attached hydrogens (tertiary/aromatic N) is 5. The molecule has 0 saturated carbocycles. The van der Waals surface area contributed by atoms with Crippen LogP contribution in [0, 0.1) is 20.8 Å². The number of aryl methyl sites for hydroxylation is 3. The van der Waals surface area contributed by atoms with Crippen LogP contribution in [-0.4, -0.2) is 62.5 Å². The van der Waals surface area contributed by atoms with Gasteiger partial charge in [0.2, 0.25) is 0 Å². The number of carbonyl (C=O) groups excluding carboxylic acids is 1. The molecule has 6 nitrogen and oxygen atoms in total. The minimum Gasteiger partial charge on any atom is -0.338 e. The Bertz CT molecular complexity index is 798. The number of likely N-dealkylation sites (tertiary alicyclic amines) is 2. The summed E-state index contributed by atoms with van der Waals surface area (Å²) in [5.41, 5.74) is 4.07. The highest BCUT2D eigenvalue weighted by atomic mass is 16.2. The first-order chi connectivity index (χ1) is 12.0. The van der Waals surface area contributed by atoms with Crippen molar-refractivity contribution in [3.8, 4) is 0 Å². The lowest BCUT2D eigenvalue weighted by Crippen LogP contribution is -2.46. The van der Waals surface area contributed by atoms with Crippen molar-refractivity contribution < 1.29 is 4.79 Å². The summed E-state index contributed by atoms with van der Waals surface area (Å²) in [6.45, 7) is 10.0. The minimum atomic E-state index is 0.0878. The van der Waals surface area contributed by atoms with Crippen LogP contribution in [0.25, 0.3) is 5.65 Å². The van der Waals surface area contributed by atoms with E-state index < -0.39 is 0 Å². The molecule has 0 N–H and O–H groups in total. The van der Waals surface area contributed by atoms with Crippen molar-refractivity contribution in [2.75, 3.05) is 26.2 Å². The fourth-order valence-corrected chi connectivity index (χ4v) is 4.38. The van der Waals surface area contributed by atoms with Gasteiger partial charge in [-0.05, 0) is 65.6 Å². The number of amides is 1. The van der Waals surface area contributed by atoms with Crippen molar-refractivity contribution in [1.29, 1.82) is 0 Å². The minimum absolute atomic E-state index is 0.0878. The normalized spacial score (nSPS) is 19.9. The molecule has 0 spiro atoms. The molecule has 0 radical (unpaired) electrons. The molecule has 2 aromatic rings. The van der Waals surface area contributed by atoms with Crippen LogP contribution in [0.3, 0.4) is 0 Å². The lowest BCUT2D eigenvalue weighted by molar-refractivity contribution is 0.0645. The largest absolute Gasteiger partial charge is 0.338 e. The molecular weight excluding hydrogens is 314 g/mol. The van der Waals surface area contributed by atoms with Gasteiger partial charge >= 0.3 is 0 Å². The van der Waals surface area contributed by atoms with Crippen LogP contribution >= 0.6 is 0 Å². The number of hydrogen-bond donors (Lipinski definition) is 0. The predicted molar refractivity (Wildman–Crippen MR) is 96.9 cm³/mol. The summed E-state index contributed by atoms with van der Waals surface area (Å²) in [5, 5.41) is 4.55. The average Bonchev–Trinajstić information content (AvgIpc) is 3.22. The first-order valence-electron chi connectivity index (χ1n) is 9.41. The molecule has 4 heterocycles. The number of fused-ring (bicyclic) bond motifs is 1. The fourth-order valence-electron chi connectivity index (χ4n) is 4.38. The number of piperidine rings is 1. The predicted octanol–water partition coefficient (Wildman–Crippen LogP) is 2.35. The van der Waals surface area contributed by atoms with E-state index in [1.807, 2.05) is 31.7 Å². The van der Waals surface area contributed by atoms with Gasteiger partial charge in [-0.25, -0.2) is 9.50 Å². The van der Waals surface area contributed by atoms with Gasteiger partial charge in [0.15, 0.2) is 5.65 Å². The topological polar surface area (TPSA) is 53.7 Å². The number of aromatic nitrogens is 3. The Morgan fingerprint density at radius 1 is 1.08 bits per heavy atom. The van der Waals surface area contributed by atoms with E-state index in [4.69, 9.17) is 0 Å². The van der Waals surface area contributed by atoms with Crippen LogP contribution in [0.2, 0.25) is 0 Å². The molecule has 6 heteroatoms. The quantitative estimate of drug-likeness (QED) is 0.841. The molecule has 2 aromatic heterocycles. The monoisotopic (exact) mass is 341 g/mol. The zero-order valence-electron chi connectivity index (χ0n) is 15.5. The first-order valence-corrected chi connectivity index (χ1v) is 9.41. The maximum atomic E-state index is 13.2. The molecule has 2 fully saturated rings. The summed E-state index contributed by atoms with van der Waals surface area (Å²) >= 11 is 0. The molecule has 1 amide bonds. The second-order valence-corrected chi connectivity index (χ2v) is 7.50. The van der Waals surface area contributed by atoms with Crippen LogP contribution in [0.1, 0.15) is 53.1 Å². The van der Waals surface area contributed by atoms with Gasteiger partial charge in [-0.1, -0.05) is 0 Å². The number of rotatable bonds is 2. The zero-order valence-corrected chi connectivity index (χ0v) is 15.5. The van der Waals surface area contributed by atoms with E-state index in [1.54, 1.807) is 4.52 Å². The highest BCUT2D eigenvalue weighted by molar-refractivity contribution is 6.01. The Morgan fingerprint density at radius 2 is 1.76 bits per heavy atom. The molecule has 4 rings (SSSR count). The van der Waals surface area contributed by atoms with E-state index >= 15 is 0 Å². The lowest BCUT2D eigenvalue weighted by Gasteiger charge is -2.36. The molecule has 0 unspecified atom stereocenters. The Kier molecular flexibility index (Phi) is 4.23. The van der Waals surface area contributed by atoms with Gasteiger partial charge < -0.3 is 9.80 Å². The third kappa shape index (κ3) is 2.92. The van der Waals surface area contributed by atoms with Crippen LogP contribution in [-0.2, 0) is 0 Å². The third-order valence-corrected chi connectivity index (χ3v) is 5.69. The Hall–Kier alpha value is -1.95. The maximum absolute atomic E-state index is 13.2. The number of hydrogen-bond acceptors (Lipinski definition) is 4. The summed E-state index contributed by atoms with van der Waals surface area (Å²) in [4.78, 5) is 22.4. The summed E-state index contributed by atoms with van der Waals surface area (Å²) in [5.74, 6) is 0.0878. The number of carbonyl (C=O) groups is 1. The van der Waals surface area contributed by atoms with Gasteiger partial charge in [0.05, 0.1) is 5.69 Å². The van der Waals surface area contributed by atoms with Gasteiger partial charge in [0, 0.05) is 30.5 Å². The van der Waals surface area contributed by atoms with E-state index in [9.17, 15) is 4.79 Å². The molecule has 0 aromatic carbocycles. The van der Waals surface area contributed by atoms with Gasteiger partial charge in [-0.2, -0.15) is 5.10 Å². The Labute approximate surface area is 148 Å². The molecule has 2 aliphatic rings. The summed E-state index contributed by atoms with van der Waals surface area (Å²) in [7, 11) is 0. The van der Waals surface area contributed by atoms with Gasteiger partial charge in [0.1, 0.15) is 5.56 Å². The van der Waals surface area contributed by atoms with Crippen molar-refractivity contribution in [3.63, 3.8) is 0 Å². The van der Waals surface area contributed by atoms with Crippen molar-refractivity contribution >= 4 is 11.6 Å². The second kappa shape index (κ2) is 6.41. The van der Waals surface area contributed by atoms with E-state index in [2.05, 4.69) is 15.0 Å². The molecular formula is C19H27N5O. The standard InChI is InChI=1S/C19H27N5O/c1-13-12-14(2)24-18(20-13)17(15(3)21-24)19(25)23-10-6-16(7-11-23)22-8-4-5-9-22/h12,16H,4-11H2,1-3H3. The van der Waals surface area contributed by atoms with Crippen molar-refractivity contribution in [2.45, 2.75) is 52.5 Å². The molecule has 0 bridgehead atoms. The fraction of sp³-hybridized carbons (Fsp3) is 0.632. The highest BCUT2D eigenvalue weighted by Crippen LogP contribution is 2.24.